The molecule has 0 saturated heterocycles. The van der Waals surface area contributed by atoms with Gasteiger partial charge in [-0.05, 0) is 12.3 Å². The predicted molar refractivity (Wildman–Crippen MR) is 65.6 cm³/mol. The Balaban J connectivity index is 0.00000112. The molecule has 0 aliphatic heterocycles. The Labute approximate surface area is 97.7 Å². The van der Waals surface area contributed by atoms with Gasteiger partial charge in [-0.25, -0.2) is 0 Å². The first-order chi connectivity index (χ1) is 6.88. The van der Waals surface area contributed by atoms with Crippen LogP contribution in [0.2, 0.25) is 0 Å². The Morgan fingerprint density at radius 3 is 2.80 bits per heavy atom. The third-order valence-electron chi connectivity index (χ3n) is 3.16. The van der Waals surface area contributed by atoms with Crippen LogP contribution in [-0.2, 0) is 6.54 Å². The van der Waals surface area contributed by atoms with E-state index in [4.69, 9.17) is 0 Å². The number of nitrogens with one attached hydrogen (secondary N) is 1. The highest BCUT2D eigenvalue weighted by Crippen LogP contribution is 2.27. The molecule has 1 fully saturated rings. The van der Waals surface area contributed by atoms with Gasteiger partial charge in [-0.15, -0.1) is 12.4 Å². The normalized spacial score (nSPS) is 16.3. The average molecular weight is 230 g/mol. The zero-order valence-electron chi connectivity index (χ0n) is 9.28. The van der Waals surface area contributed by atoms with E-state index < -0.39 is 0 Å². The van der Waals surface area contributed by atoms with E-state index in [0.717, 1.165) is 18.2 Å². The fraction of sp³-hybridized carbons (Fsp3) is 0.727. The fourth-order valence-corrected chi connectivity index (χ4v) is 2.23. The van der Waals surface area contributed by atoms with Gasteiger partial charge in [0.2, 0.25) is 0 Å². The van der Waals surface area contributed by atoms with Crippen molar-refractivity contribution in [1.29, 1.82) is 0 Å². The van der Waals surface area contributed by atoms with Crippen molar-refractivity contribution in [3.05, 3.63) is 12.4 Å². The molecule has 0 atom stereocenters. The maximum atomic E-state index is 4.30. The van der Waals surface area contributed by atoms with Gasteiger partial charge in [0, 0.05) is 19.8 Å². The molecule has 0 amide bonds. The molecule has 3 nitrogen and oxygen atoms in total. The molecule has 1 heterocycles. The topological polar surface area (TPSA) is 29.9 Å². The van der Waals surface area contributed by atoms with Gasteiger partial charge in [0.05, 0.1) is 11.9 Å². The molecule has 1 aliphatic carbocycles. The largest absolute Gasteiger partial charge is 0.386 e. The van der Waals surface area contributed by atoms with Crippen LogP contribution in [0.25, 0.3) is 0 Å². The second kappa shape index (κ2) is 6.01. The number of aromatic nitrogens is 2. The zero-order valence-corrected chi connectivity index (χ0v) is 10.1. The third-order valence-corrected chi connectivity index (χ3v) is 3.16. The van der Waals surface area contributed by atoms with Crippen molar-refractivity contribution in [1.82, 2.24) is 9.78 Å². The Morgan fingerprint density at radius 1 is 1.47 bits per heavy atom. The summed E-state index contributed by atoms with van der Waals surface area (Å²) in [6.07, 6.45) is 11.0. The third kappa shape index (κ3) is 3.42. The molecule has 1 saturated carbocycles. The van der Waals surface area contributed by atoms with Crippen molar-refractivity contribution in [2.75, 3.05) is 12.4 Å². The highest BCUT2D eigenvalue weighted by molar-refractivity contribution is 5.85. The minimum atomic E-state index is 0. The molecule has 4 heteroatoms. The number of nitrogens with zero attached hydrogens (tertiary/aromatic N) is 2. The van der Waals surface area contributed by atoms with E-state index in [-0.39, 0.29) is 12.4 Å². The van der Waals surface area contributed by atoms with E-state index in [2.05, 4.69) is 16.6 Å². The standard InChI is InChI=1S/C11H19N3.ClH/c1-12-11-8-13-14(9-11)7-6-10-4-2-3-5-10;/h8-10,12H,2-7H2,1H3;1H. The van der Waals surface area contributed by atoms with Gasteiger partial charge in [0.1, 0.15) is 0 Å². The van der Waals surface area contributed by atoms with Crippen LogP contribution in [0, 0.1) is 5.92 Å². The molecule has 1 aromatic rings. The van der Waals surface area contributed by atoms with Gasteiger partial charge in [0.15, 0.2) is 0 Å². The SMILES string of the molecule is CNc1cnn(CCC2CCCC2)c1.Cl. The van der Waals surface area contributed by atoms with Crippen molar-refractivity contribution in [3.8, 4) is 0 Å². The van der Waals surface area contributed by atoms with E-state index in [9.17, 15) is 0 Å². The van der Waals surface area contributed by atoms with Crippen LogP contribution in [0.4, 0.5) is 5.69 Å². The number of anilines is 1. The van der Waals surface area contributed by atoms with Crippen LogP contribution in [0.15, 0.2) is 12.4 Å². The lowest BCUT2D eigenvalue weighted by Crippen LogP contribution is -2.03. The summed E-state index contributed by atoms with van der Waals surface area (Å²) >= 11 is 0. The zero-order chi connectivity index (χ0) is 9.80. The van der Waals surface area contributed by atoms with Crippen LogP contribution >= 0.6 is 12.4 Å². The molecule has 0 radical (unpaired) electrons. The molecule has 1 aliphatic rings. The second-order valence-electron chi connectivity index (χ2n) is 4.18. The van der Waals surface area contributed by atoms with Crippen LogP contribution in [0.5, 0.6) is 0 Å². The van der Waals surface area contributed by atoms with Crippen molar-refractivity contribution in [2.24, 2.45) is 5.92 Å². The lowest BCUT2D eigenvalue weighted by Gasteiger charge is -2.07. The van der Waals surface area contributed by atoms with Gasteiger partial charge in [-0.2, -0.15) is 5.10 Å². The average Bonchev–Trinajstić information content (AvgIpc) is 2.86. The van der Waals surface area contributed by atoms with Gasteiger partial charge in [-0.3, -0.25) is 4.68 Å². The molecule has 0 spiro atoms. The number of hydrogen-bond donors (Lipinski definition) is 1. The number of rotatable bonds is 4. The van der Waals surface area contributed by atoms with Crippen molar-refractivity contribution < 1.29 is 0 Å². The smallest absolute Gasteiger partial charge is 0.0723 e. The fourth-order valence-electron chi connectivity index (χ4n) is 2.23. The quantitative estimate of drug-likeness (QED) is 0.861. The van der Waals surface area contributed by atoms with E-state index in [0.29, 0.717) is 0 Å². The first-order valence-electron chi connectivity index (χ1n) is 5.58. The van der Waals surface area contributed by atoms with Crippen LogP contribution in [0.3, 0.4) is 0 Å². The maximum absolute atomic E-state index is 4.30. The highest BCUT2D eigenvalue weighted by atomic mass is 35.5. The summed E-state index contributed by atoms with van der Waals surface area (Å²) in [6, 6.07) is 0. The monoisotopic (exact) mass is 229 g/mol. The molecular weight excluding hydrogens is 210 g/mol. The molecule has 15 heavy (non-hydrogen) atoms. The molecule has 2 rings (SSSR count). The summed E-state index contributed by atoms with van der Waals surface area (Å²) < 4.78 is 2.05. The molecule has 86 valence electrons. The summed E-state index contributed by atoms with van der Waals surface area (Å²) in [5.74, 6) is 0.956. The Hall–Kier alpha value is -0.700. The van der Waals surface area contributed by atoms with Gasteiger partial charge in [-0.1, -0.05) is 25.7 Å². The van der Waals surface area contributed by atoms with Crippen molar-refractivity contribution >= 4 is 18.1 Å². The molecular formula is C11H20ClN3. The van der Waals surface area contributed by atoms with E-state index >= 15 is 0 Å². The molecule has 0 aromatic carbocycles. The molecule has 0 unspecified atom stereocenters. The van der Waals surface area contributed by atoms with E-state index in [1.807, 2.05) is 17.9 Å². The summed E-state index contributed by atoms with van der Waals surface area (Å²) in [7, 11) is 1.93. The summed E-state index contributed by atoms with van der Waals surface area (Å²) in [4.78, 5) is 0. The van der Waals surface area contributed by atoms with Crippen molar-refractivity contribution in [3.63, 3.8) is 0 Å². The highest BCUT2D eigenvalue weighted by Gasteiger charge is 2.14. The number of halogens is 1. The van der Waals surface area contributed by atoms with E-state index in [1.165, 1.54) is 32.1 Å². The number of hydrogen-bond acceptors (Lipinski definition) is 2. The van der Waals surface area contributed by atoms with Gasteiger partial charge >= 0.3 is 0 Å². The Bertz CT molecular complexity index is 279. The predicted octanol–water partition coefficient (Wildman–Crippen LogP) is 2.93. The summed E-state index contributed by atoms with van der Waals surface area (Å²) in [5.41, 5.74) is 1.11. The molecule has 0 bridgehead atoms. The lowest BCUT2D eigenvalue weighted by atomic mass is 10.0. The molecule has 1 N–H and O–H groups in total. The Kier molecular flexibility index (Phi) is 4.95. The summed E-state index contributed by atoms with van der Waals surface area (Å²) in [5, 5.41) is 7.39. The number of aryl methyl sites for hydroxylation is 1. The van der Waals surface area contributed by atoms with Crippen LogP contribution in [0.1, 0.15) is 32.1 Å². The van der Waals surface area contributed by atoms with Gasteiger partial charge < -0.3 is 5.32 Å². The van der Waals surface area contributed by atoms with Gasteiger partial charge in [0.25, 0.3) is 0 Å². The minimum absolute atomic E-state index is 0. The first kappa shape index (κ1) is 12.4. The molecule has 1 aromatic heterocycles. The lowest BCUT2D eigenvalue weighted by molar-refractivity contribution is 0.440. The minimum Gasteiger partial charge on any atom is -0.386 e. The van der Waals surface area contributed by atoms with Crippen LogP contribution in [-0.4, -0.2) is 16.8 Å². The van der Waals surface area contributed by atoms with Crippen LogP contribution < -0.4 is 5.32 Å². The first-order valence-corrected chi connectivity index (χ1v) is 5.58. The Morgan fingerprint density at radius 2 is 2.20 bits per heavy atom. The second-order valence-corrected chi connectivity index (χ2v) is 4.18. The maximum Gasteiger partial charge on any atom is 0.0723 e. The summed E-state index contributed by atoms with van der Waals surface area (Å²) in [6.45, 7) is 1.08. The van der Waals surface area contributed by atoms with Crippen molar-refractivity contribution in [2.45, 2.75) is 38.6 Å². The van der Waals surface area contributed by atoms with E-state index in [1.54, 1.807) is 0 Å².